The molecule has 1 fully saturated rings. The van der Waals surface area contributed by atoms with E-state index in [9.17, 15) is 13.2 Å². The molecule has 122 valence electrons. The molecule has 22 heavy (non-hydrogen) atoms. The Balaban J connectivity index is 2.09. The van der Waals surface area contributed by atoms with Crippen LogP contribution in [0.5, 0.6) is 0 Å². The summed E-state index contributed by atoms with van der Waals surface area (Å²) < 4.78 is 35.2. The van der Waals surface area contributed by atoms with Gasteiger partial charge < -0.3 is 9.47 Å². The smallest absolute Gasteiger partial charge is 0.339 e. The van der Waals surface area contributed by atoms with Crippen molar-refractivity contribution in [2.75, 3.05) is 19.0 Å². The lowest BCUT2D eigenvalue weighted by Gasteiger charge is -2.22. The van der Waals surface area contributed by atoms with Crippen LogP contribution < -0.4 is 0 Å². The zero-order valence-corrected chi connectivity index (χ0v) is 13.6. The number of ether oxygens (including phenoxy) is 2. The fourth-order valence-electron chi connectivity index (χ4n) is 2.47. The Bertz CT molecular complexity index is 603. The van der Waals surface area contributed by atoms with Crippen molar-refractivity contribution in [3.05, 3.63) is 29.8 Å². The molecule has 0 aliphatic carbocycles. The summed E-state index contributed by atoms with van der Waals surface area (Å²) in [6.45, 7) is 2.64. The molecule has 1 aromatic rings. The van der Waals surface area contributed by atoms with E-state index >= 15 is 0 Å². The van der Waals surface area contributed by atoms with Crippen molar-refractivity contribution in [1.29, 1.82) is 0 Å². The molecule has 1 aliphatic rings. The number of esters is 1. The molecular weight excluding hydrogens is 304 g/mol. The van der Waals surface area contributed by atoms with Gasteiger partial charge in [-0.05, 0) is 37.8 Å². The van der Waals surface area contributed by atoms with Crippen molar-refractivity contribution in [3.8, 4) is 0 Å². The standard InChI is InChI=1S/C16H22O5S/c1-2-11-22(18,19)15-9-4-3-8-14(15)16(17)21-12-13-7-5-6-10-20-13/h3-4,8-9,13H,2,5-7,10-12H2,1H3. The predicted octanol–water partition coefficient (Wildman–Crippen LogP) is 2.60. The second kappa shape index (κ2) is 7.74. The van der Waals surface area contributed by atoms with Gasteiger partial charge in [-0.1, -0.05) is 19.1 Å². The maximum atomic E-state index is 12.2. The number of benzene rings is 1. The van der Waals surface area contributed by atoms with E-state index in [0.717, 1.165) is 19.3 Å². The monoisotopic (exact) mass is 326 g/mol. The molecule has 1 atom stereocenters. The Morgan fingerprint density at radius 3 is 2.77 bits per heavy atom. The van der Waals surface area contributed by atoms with Gasteiger partial charge in [0.05, 0.1) is 22.3 Å². The molecule has 0 bridgehead atoms. The summed E-state index contributed by atoms with van der Waals surface area (Å²) in [6.07, 6.45) is 3.37. The van der Waals surface area contributed by atoms with E-state index in [1.807, 2.05) is 0 Å². The van der Waals surface area contributed by atoms with E-state index in [4.69, 9.17) is 9.47 Å². The van der Waals surface area contributed by atoms with Crippen molar-refractivity contribution < 1.29 is 22.7 Å². The molecule has 1 aliphatic heterocycles. The van der Waals surface area contributed by atoms with Gasteiger partial charge in [-0.25, -0.2) is 13.2 Å². The third-order valence-corrected chi connectivity index (χ3v) is 5.56. The van der Waals surface area contributed by atoms with Crippen LogP contribution in [0.25, 0.3) is 0 Å². The first kappa shape index (κ1) is 17.0. The van der Waals surface area contributed by atoms with Crippen molar-refractivity contribution in [2.45, 2.75) is 43.6 Å². The molecule has 6 heteroatoms. The van der Waals surface area contributed by atoms with E-state index in [0.29, 0.717) is 13.0 Å². The number of hydrogen-bond acceptors (Lipinski definition) is 5. The van der Waals surface area contributed by atoms with Crippen LogP contribution in [0.2, 0.25) is 0 Å². The molecule has 0 spiro atoms. The molecule has 0 aromatic heterocycles. The van der Waals surface area contributed by atoms with Gasteiger partial charge >= 0.3 is 5.97 Å². The summed E-state index contributed by atoms with van der Waals surface area (Å²) >= 11 is 0. The summed E-state index contributed by atoms with van der Waals surface area (Å²) in [6, 6.07) is 6.20. The Labute approximate surface area is 131 Å². The second-order valence-corrected chi connectivity index (χ2v) is 7.48. The third-order valence-electron chi connectivity index (χ3n) is 3.59. The van der Waals surface area contributed by atoms with Crippen molar-refractivity contribution in [1.82, 2.24) is 0 Å². The minimum Gasteiger partial charge on any atom is -0.459 e. The maximum absolute atomic E-state index is 12.2. The zero-order valence-electron chi connectivity index (χ0n) is 12.8. The first-order valence-electron chi connectivity index (χ1n) is 7.65. The van der Waals surface area contributed by atoms with Crippen LogP contribution in [0.1, 0.15) is 43.0 Å². The van der Waals surface area contributed by atoms with Crippen LogP contribution in [0.3, 0.4) is 0 Å². The maximum Gasteiger partial charge on any atom is 0.339 e. The van der Waals surface area contributed by atoms with Crippen LogP contribution >= 0.6 is 0 Å². The van der Waals surface area contributed by atoms with Gasteiger partial charge in [0.2, 0.25) is 0 Å². The van der Waals surface area contributed by atoms with Gasteiger partial charge in [-0.3, -0.25) is 0 Å². The molecule has 1 aromatic carbocycles. The molecule has 1 unspecified atom stereocenters. The molecule has 0 radical (unpaired) electrons. The number of rotatable bonds is 6. The summed E-state index contributed by atoms with van der Waals surface area (Å²) in [4.78, 5) is 12.3. The number of carbonyl (C=O) groups is 1. The fraction of sp³-hybridized carbons (Fsp3) is 0.562. The molecular formula is C16H22O5S. The van der Waals surface area contributed by atoms with Gasteiger partial charge in [-0.2, -0.15) is 0 Å². The first-order valence-corrected chi connectivity index (χ1v) is 9.30. The summed E-state index contributed by atoms with van der Waals surface area (Å²) in [5.41, 5.74) is 0.103. The van der Waals surface area contributed by atoms with Crippen LogP contribution in [-0.2, 0) is 19.3 Å². The normalized spacial score (nSPS) is 18.9. The molecule has 0 amide bonds. The fourth-order valence-corrected chi connectivity index (χ4v) is 4.00. The van der Waals surface area contributed by atoms with Gasteiger partial charge in [0.15, 0.2) is 9.84 Å². The Morgan fingerprint density at radius 2 is 2.09 bits per heavy atom. The van der Waals surface area contributed by atoms with Crippen molar-refractivity contribution in [2.24, 2.45) is 0 Å². The van der Waals surface area contributed by atoms with Gasteiger partial charge in [0.25, 0.3) is 0 Å². The molecule has 0 saturated carbocycles. The number of carbonyl (C=O) groups excluding carboxylic acids is 1. The highest BCUT2D eigenvalue weighted by Gasteiger charge is 2.23. The first-order chi connectivity index (χ1) is 10.5. The van der Waals surface area contributed by atoms with Gasteiger partial charge in [-0.15, -0.1) is 0 Å². The van der Waals surface area contributed by atoms with Gasteiger partial charge in [0.1, 0.15) is 6.61 Å². The quantitative estimate of drug-likeness (QED) is 0.752. The highest BCUT2D eigenvalue weighted by molar-refractivity contribution is 7.91. The summed E-state index contributed by atoms with van der Waals surface area (Å²) in [5, 5.41) is 0. The zero-order chi connectivity index (χ0) is 16.0. The minimum absolute atomic E-state index is 0.0169. The topological polar surface area (TPSA) is 69.7 Å². The van der Waals surface area contributed by atoms with Crippen molar-refractivity contribution in [3.63, 3.8) is 0 Å². The Kier molecular flexibility index (Phi) is 5.97. The number of hydrogen-bond donors (Lipinski definition) is 0. The van der Waals surface area contributed by atoms with E-state index < -0.39 is 15.8 Å². The molecule has 5 nitrogen and oxygen atoms in total. The second-order valence-electron chi connectivity index (χ2n) is 5.40. The van der Waals surface area contributed by atoms with E-state index in [1.54, 1.807) is 19.1 Å². The largest absolute Gasteiger partial charge is 0.459 e. The third kappa shape index (κ3) is 4.30. The van der Waals surface area contributed by atoms with E-state index in [2.05, 4.69) is 0 Å². The molecule has 1 heterocycles. The van der Waals surface area contributed by atoms with E-state index in [-0.39, 0.29) is 28.9 Å². The summed E-state index contributed by atoms with van der Waals surface area (Å²) in [7, 11) is -3.46. The average Bonchev–Trinajstić information content (AvgIpc) is 2.53. The average molecular weight is 326 g/mol. The van der Waals surface area contributed by atoms with E-state index in [1.165, 1.54) is 12.1 Å². The predicted molar refractivity (Wildman–Crippen MR) is 82.7 cm³/mol. The SMILES string of the molecule is CCCS(=O)(=O)c1ccccc1C(=O)OCC1CCCCO1. The lowest BCUT2D eigenvalue weighted by atomic mass is 10.1. The van der Waals surface area contributed by atoms with Crippen LogP contribution in [0.15, 0.2) is 29.2 Å². The highest BCUT2D eigenvalue weighted by atomic mass is 32.2. The van der Waals surface area contributed by atoms with Crippen molar-refractivity contribution >= 4 is 15.8 Å². The molecule has 0 N–H and O–H groups in total. The van der Waals surface area contributed by atoms with Crippen LogP contribution in [0, 0.1) is 0 Å². The Hall–Kier alpha value is -1.40. The highest BCUT2D eigenvalue weighted by Crippen LogP contribution is 2.20. The minimum atomic E-state index is -3.46. The lowest BCUT2D eigenvalue weighted by molar-refractivity contribution is -0.0301. The number of sulfone groups is 1. The van der Waals surface area contributed by atoms with Crippen LogP contribution in [-0.4, -0.2) is 39.5 Å². The summed E-state index contributed by atoms with van der Waals surface area (Å²) in [5.74, 6) is -0.590. The molecule has 2 rings (SSSR count). The van der Waals surface area contributed by atoms with Gasteiger partial charge in [0, 0.05) is 6.61 Å². The Morgan fingerprint density at radius 1 is 1.32 bits per heavy atom. The molecule has 1 saturated heterocycles. The lowest BCUT2D eigenvalue weighted by Crippen LogP contribution is -2.26. The van der Waals surface area contributed by atoms with Crippen LogP contribution in [0.4, 0.5) is 0 Å².